The van der Waals surface area contributed by atoms with Gasteiger partial charge >= 0.3 is 0 Å². The highest BCUT2D eigenvalue weighted by atomic mass is 16.6. The first-order valence-corrected chi connectivity index (χ1v) is 7.13. The number of nitro groups is 1. The van der Waals surface area contributed by atoms with Crippen LogP contribution in [0.4, 0.5) is 11.4 Å². The van der Waals surface area contributed by atoms with Gasteiger partial charge in [0.2, 0.25) is 0 Å². The van der Waals surface area contributed by atoms with Gasteiger partial charge in [0.25, 0.3) is 5.69 Å². The Bertz CT molecular complexity index is 496. The maximum atomic E-state index is 11.3. The quantitative estimate of drug-likeness (QED) is 0.640. The van der Waals surface area contributed by atoms with Crippen molar-refractivity contribution in [3.05, 3.63) is 33.9 Å². The van der Waals surface area contributed by atoms with Crippen LogP contribution < -0.4 is 4.90 Å². The lowest BCUT2D eigenvalue weighted by atomic mass is 10.1. The van der Waals surface area contributed by atoms with Crippen LogP contribution in [-0.2, 0) is 0 Å². The molecule has 0 heterocycles. The summed E-state index contributed by atoms with van der Waals surface area (Å²) in [5.41, 5.74) is 1.31. The summed E-state index contributed by atoms with van der Waals surface area (Å²) in [5.74, 6) is 0.661. The second-order valence-corrected chi connectivity index (χ2v) is 5.87. The van der Waals surface area contributed by atoms with E-state index in [9.17, 15) is 15.2 Å². The van der Waals surface area contributed by atoms with Crippen LogP contribution in [0.5, 0.6) is 0 Å². The predicted octanol–water partition coefficient (Wildman–Crippen LogP) is 3.27. The van der Waals surface area contributed by atoms with Gasteiger partial charge in [-0.2, -0.15) is 0 Å². The fourth-order valence-corrected chi connectivity index (χ4v) is 2.36. The molecule has 1 atom stereocenters. The average Bonchev–Trinajstić information content (AvgIpc) is 3.18. The van der Waals surface area contributed by atoms with E-state index in [1.54, 1.807) is 19.1 Å². The van der Waals surface area contributed by atoms with Crippen LogP contribution in [0.3, 0.4) is 0 Å². The van der Waals surface area contributed by atoms with Crippen molar-refractivity contribution >= 4 is 11.4 Å². The Labute approximate surface area is 119 Å². The third-order valence-electron chi connectivity index (χ3n) is 3.76. The molecule has 0 aromatic heterocycles. The first-order chi connectivity index (χ1) is 9.40. The molecule has 1 aliphatic rings. The van der Waals surface area contributed by atoms with E-state index in [0.717, 1.165) is 6.54 Å². The molecule has 0 saturated heterocycles. The molecule has 5 heteroatoms. The third kappa shape index (κ3) is 3.28. The van der Waals surface area contributed by atoms with Gasteiger partial charge in [0.05, 0.1) is 11.0 Å². The molecule has 1 aliphatic carbocycles. The number of nitrogens with zero attached hydrogens (tertiary/aromatic N) is 2. The Morgan fingerprint density at radius 1 is 1.40 bits per heavy atom. The fraction of sp³-hybridized carbons (Fsp3) is 0.600. The summed E-state index contributed by atoms with van der Waals surface area (Å²) in [6.45, 7) is 6.58. The smallest absolute Gasteiger partial charge is 0.292 e. The molecule has 0 amide bonds. The number of anilines is 1. The van der Waals surface area contributed by atoms with Gasteiger partial charge in [-0.3, -0.25) is 10.1 Å². The second kappa shape index (κ2) is 5.79. The highest BCUT2D eigenvalue weighted by Gasteiger charge is 2.29. The van der Waals surface area contributed by atoms with Crippen LogP contribution in [0, 0.1) is 16.0 Å². The molecule has 20 heavy (non-hydrogen) atoms. The molecule has 2 rings (SSSR count). The summed E-state index contributed by atoms with van der Waals surface area (Å²) in [5, 5.41) is 20.9. The second-order valence-electron chi connectivity index (χ2n) is 5.87. The highest BCUT2D eigenvalue weighted by Crippen LogP contribution is 2.37. The normalized spacial score (nSPS) is 16.2. The standard InChI is InChI=1S/C15H22N2O3/c1-10(2)16(9-12-4-5-12)14-7-6-13(11(3)18)8-15(14)17(19)20/h6-8,10-12,18H,4-5,9H2,1-3H3. The Morgan fingerprint density at radius 2 is 2.05 bits per heavy atom. The van der Waals surface area contributed by atoms with Crippen molar-refractivity contribution in [2.24, 2.45) is 5.92 Å². The van der Waals surface area contributed by atoms with E-state index in [0.29, 0.717) is 17.2 Å². The van der Waals surface area contributed by atoms with Crippen LogP contribution in [0.25, 0.3) is 0 Å². The molecule has 0 radical (unpaired) electrons. The Kier molecular flexibility index (Phi) is 4.28. The number of rotatable bonds is 6. The zero-order chi connectivity index (χ0) is 14.9. The van der Waals surface area contributed by atoms with Crippen molar-refractivity contribution in [1.82, 2.24) is 0 Å². The lowest BCUT2D eigenvalue weighted by molar-refractivity contribution is -0.384. The Hall–Kier alpha value is -1.62. The van der Waals surface area contributed by atoms with E-state index in [4.69, 9.17) is 0 Å². The lowest BCUT2D eigenvalue weighted by Crippen LogP contribution is -2.33. The van der Waals surface area contributed by atoms with Crippen molar-refractivity contribution in [3.63, 3.8) is 0 Å². The van der Waals surface area contributed by atoms with Gasteiger partial charge in [-0.25, -0.2) is 0 Å². The van der Waals surface area contributed by atoms with E-state index in [-0.39, 0.29) is 16.7 Å². The molecule has 1 aromatic rings. The molecule has 0 aliphatic heterocycles. The summed E-state index contributed by atoms with van der Waals surface area (Å²) < 4.78 is 0. The minimum absolute atomic E-state index is 0.0813. The van der Waals surface area contributed by atoms with Gasteiger partial charge in [0.1, 0.15) is 5.69 Å². The monoisotopic (exact) mass is 278 g/mol. The largest absolute Gasteiger partial charge is 0.389 e. The van der Waals surface area contributed by atoms with E-state index < -0.39 is 6.10 Å². The SMILES string of the molecule is CC(O)c1ccc(N(CC2CC2)C(C)C)c([N+](=O)[O-])c1. The van der Waals surface area contributed by atoms with E-state index in [2.05, 4.69) is 18.7 Å². The molecule has 1 aromatic carbocycles. The Balaban J connectivity index is 2.38. The van der Waals surface area contributed by atoms with Crippen LogP contribution >= 0.6 is 0 Å². The predicted molar refractivity (Wildman–Crippen MR) is 78.9 cm³/mol. The van der Waals surface area contributed by atoms with Crippen LogP contribution in [-0.4, -0.2) is 22.6 Å². The van der Waals surface area contributed by atoms with Gasteiger partial charge in [-0.1, -0.05) is 6.07 Å². The fourth-order valence-electron chi connectivity index (χ4n) is 2.36. The maximum Gasteiger partial charge on any atom is 0.292 e. The number of aliphatic hydroxyl groups is 1. The topological polar surface area (TPSA) is 66.6 Å². The van der Waals surface area contributed by atoms with Crippen molar-refractivity contribution in [1.29, 1.82) is 0 Å². The minimum Gasteiger partial charge on any atom is -0.389 e. The lowest BCUT2D eigenvalue weighted by Gasteiger charge is -2.29. The number of benzene rings is 1. The molecule has 0 spiro atoms. The van der Waals surface area contributed by atoms with Gasteiger partial charge in [0, 0.05) is 18.7 Å². The molecular formula is C15H22N2O3. The van der Waals surface area contributed by atoms with Crippen LogP contribution in [0.15, 0.2) is 18.2 Å². The molecule has 1 saturated carbocycles. The first kappa shape index (κ1) is 14.8. The van der Waals surface area contributed by atoms with Gasteiger partial charge < -0.3 is 10.0 Å². The van der Waals surface area contributed by atoms with Crippen molar-refractivity contribution in [2.45, 2.75) is 45.8 Å². The van der Waals surface area contributed by atoms with Crippen LogP contribution in [0.2, 0.25) is 0 Å². The molecule has 1 fully saturated rings. The summed E-state index contributed by atoms with van der Waals surface area (Å²) >= 11 is 0. The highest BCUT2D eigenvalue weighted by molar-refractivity contribution is 5.65. The third-order valence-corrected chi connectivity index (χ3v) is 3.76. The Morgan fingerprint density at radius 3 is 2.50 bits per heavy atom. The van der Waals surface area contributed by atoms with Crippen molar-refractivity contribution in [3.8, 4) is 0 Å². The van der Waals surface area contributed by atoms with Crippen LogP contribution in [0.1, 0.15) is 45.3 Å². The maximum absolute atomic E-state index is 11.3. The number of hydrogen-bond donors (Lipinski definition) is 1. The molecule has 1 unspecified atom stereocenters. The number of aliphatic hydroxyl groups excluding tert-OH is 1. The molecule has 5 nitrogen and oxygen atoms in total. The zero-order valence-electron chi connectivity index (χ0n) is 12.2. The number of nitro benzene ring substituents is 1. The van der Waals surface area contributed by atoms with Gasteiger partial charge in [0.15, 0.2) is 0 Å². The van der Waals surface area contributed by atoms with Gasteiger partial charge in [-0.15, -0.1) is 0 Å². The summed E-state index contributed by atoms with van der Waals surface area (Å²) in [6, 6.07) is 5.24. The van der Waals surface area contributed by atoms with E-state index >= 15 is 0 Å². The van der Waals surface area contributed by atoms with Crippen molar-refractivity contribution in [2.75, 3.05) is 11.4 Å². The molecule has 110 valence electrons. The zero-order valence-corrected chi connectivity index (χ0v) is 12.2. The van der Waals surface area contributed by atoms with Gasteiger partial charge in [-0.05, 0) is 51.2 Å². The molecular weight excluding hydrogens is 256 g/mol. The summed E-state index contributed by atoms with van der Waals surface area (Å²) in [4.78, 5) is 13.1. The van der Waals surface area contributed by atoms with E-state index in [1.165, 1.54) is 18.9 Å². The van der Waals surface area contributed by atoms with Crippen molar-refractivity contribution < 1.29 is 10.0 Å². The molecule has 0 bridgehead atoms. The summed E-state index contributed by atoms with van der Waals surface area (Å²) in [7, 11) is 0. The average molecular weight is 278 g/mol. The van der Waals surface area contributed by atoms with E-state index in [1.807, 2.05) is 0 Å². The number of hydrogen-bond acceptors (Lipinski definition) is 4. The molecule has 1 N–H and O–H groups in total. The summed E-state index contributed by atoms with van der Waals surface area (Å²) in [6.07, 6.45) is 1.73. The minimum atomic E-state index is -0.696. The first-order valence-electron chi connectivity index (χ1n) is 7.13.